The van der Waals surface area contributed by atoms with Crippen molar-refractivity contribution in [2.45, 2.75) is 10.9 Å². The van der Waals surface area contributed by atoms with E-state index in [0.717, 1.165) is 16.4 Å². The van der Waals surface area contributed by atoms with E-state index in [1.165, 1.54) is 11.8 Å². The molecule has 0 fully saturated rings. The number of methoxy groups -OCH3 is 2. The Morgan fingerprint density at radius 2 is 1.97 bits per heavy atom. The van der Waals surface area contributed by atoms with E-state index in [1.54, 1.807) is 26.5 Å². The Kier molecular flexibility index (Phi) is 5.73. The van der Waals surface area contributed by atoms with Gasteiger partial charge in [0, 0.05) is 28.7 Å². The summed E-state index contributed by atoms with van der Waals surface area (Å²) in [5.74, 6) is 2.72. The molecule has 0 bridgehead atoms. The Bertz CT molecular complexity index is 1130. The van der Waals surface area contributed by atoms with Crippen LogP contribution in [0.15, 0.2) is 64.5 Å². The topological polar surface area (TPSA) is 75.2 Å². The largest absolute Gasteiger partial charge is 0.493 e. The van der Waals surface area contributed by atoms with E-state index in [4.69, 9.17) is 25.6 Å². The third-order valence-electron chi connectivity index (χ3n) is 4.13. The van der Waals surface area contributed by atoms with E-state index in [1.807, 2.05) is 47.2 Å². The van der Waals surface area contributed by atoms with Gasteiger partial charge in [0.15, 0.2) is 16.7 Å². The molecule has 4 rings (SSSR count). The van der Waals surface area contributed by atoms with Gasteiger partial charge in [-0.25, -0.2) is 4.98 Å². The van der Waals surface area contributed by atoms with E-state index in [2.05, 4.69) is 15.1 Å². The van der Waals surface area contributed by atoms with Gasteiger partial charge in [-0.2, -0.15) is 4.98 Å². The van der Waals surface area contributed by atoms with Crippen molar-refractivity contribution in [3.05, 3.63) is 65.8 Å². The quantitative estimate of drug-likeness (QED) is 0.388. The average molecular weight is 429 g/mol. The Labute approximate surface area is 176 Å². The predicted octanol–water partition coefficient (Wildman–Crippen LogP) is 4.89. The van der Waals surface area contributed by atoms with E-state index < -0.39 is 0 Å². The molecular formula is C20H17ClN4O3S. The summed E-state index contributed by atoms with van der Waals surface area (Å²) in [6.07, 6.45) is 3.63. The molecule has 0 N–H and O–H groups in total. The molecule has 0 radical (unpaired) electrons. The van der Waals surface area contributed by atoms with Crippen LogP contribution < -0.4 is 9.47 Å². The normalized spacial score (nSPS) is 10.9. The van der Waals surface area contributed by atoms with Crippen LogP contribution in [-0.4, -0.2) is 33.9 Å². The van der Waals surface area contributed by atoms with Crippen molar-refractivity contribution in [2.75, 3.05) is 14.2 Å². The highest BCUT2D eigenvalue weighted by Gasteiger charge is 2.14. The van der Waals surface area contributed by atoms with Gasteiger partial charge in [0.2, 0.25) is 11.7 Å². The molecule has 0 spiro atoms. The average Bonchev–Trinajstić information content (AvgIpc) is 3.41. The van der Waals surface area contributed by atoms with Crippen molar-refractivity contribution in [1.82, 2.24) is 19.7 Å². The summed E-state index contributed by atoms with van der Waals surface area (Å²) in [7, 11) is 3.18. The molecule has 0 saturated heterocycles. The fourth-order valence-corrected chi connectivity index (χ4v) is 3.75. The van der Waals surface area contributed by atoms with Gasteiger partial charge in [-0.05, 0) is 36.4 Å². The van der Waals surface area contributed by atoms with Crippen LogP contribution in [0.25, 0.3) is 17.1 Å². The molecule has 0 amide bonds. The first-order chi connectivity index (χ1) is 14.2. The molecule has 7 nitrogen and oxygen atoms in total. The Hall–Kier alpha value is -2.97. The first kappa shape index (κ1) is 19.4. The maximum absolute atomic E-state index is 6.10. The maximum Gasteiger partial charge on any atom is 0.237 e. The minimum atomic E-state index is 0.484. The Morgan fingerprint density at radius 1 is 1.10 bits per heavy atom. The fraction of sp³-hybridized carbons (Fsp3) is 0.150. The number of hydrogen-bond acceptors (Lipinski definition) is 7. The zero-order chi connectivity index (χ0) is 20.2. The minimum absolute atomic E-state index is 0.484. The minimum Gasteiger partial charge on any atom is -0.493 e. The molecule has 2 heterocycles. The highest BCUT2D eigenvalue weighted by atomic mass is 35.5. The summed E-state index contributed by atoms with van der Waals surface area (Å²) in [6.45, 7) is 0. The maximum atomic E-state index is 6.10. The molecule has 2 aromatic heterocycles. The van der Waals surface area contributed by atoms with Crippen LogP contribution in [0.1, 0.15) is 5.89 Å². The predicted molar refractivity (Wildman–Crippen MR) is 111 cm³/mol. The number of halogens is 1. The lowest BCUT2D eigenvalue weighted by Crippen LogP contribution is -1.95. The zero-order valence-electron chi connectivity index (χ0n) is 15.7. The van der Waals surface area contributed by atoms with Crippen molar-refractivity contribution in [3.63, 3.8) is 0 Å². The summed E-state index contributed by atoms with van der Waals surface area (Å²) in [5.41, 5.74) is 1.72. The van der Waals surface area contributed by atoms with Crippen molar-refractivity contribution >= 4 is 23.4 Å². The number of imidazole rings is 1. The number of aromatic nitrogens is 4. The van der Waals surface area contributed by atoms with E-state index in [9.17, 15) is 0 Å². The highest BCUT2D eigenvalue weighted by molar-refractivity contribution is 7.98. The molecule has 0 unspecified atom stereocenters. The van der Waals surface area contributed by atoms with Gasteiger partial charge in [0.1, 0.15) is 0 Å². The number of nitrogens with zero attached hydrogens (tertiary/aromatic N) is 4. The molecule has 9 heteroatoms. The Morgan fingerprint density at radius 3 is 2.76 bits per heavy atom. The SMILES string of the molecule is COc1ccc(-c2noc(CSc3nccn3-c3cccc(Cl)c3)n2)cc1OC. The van der Waals surface area contributed by atoms with Gasteiger partial charge in [-0.15, -0.1) is 0 Å². The number of rotatable bonds is 7. The summed E-state index contributed by atoms with van der Waals surface area (Å²) >= 11 is 7.60. The molecule has 0 atom stereocenters. The van der Waals surface area contributed by atoms with Crippen LogP contribution in [0.4, 0.5) is 0 Å². The number of benzene rings is 2. The molecule has 0 aliphatic rings. The fourth-order valence-electron chi connectivity index (χ4n) is 2.75. The monoisotopic (exact) mass is 428 g/mol. The van der Waals surface area contributed by atoms with Crippen LogP contribution in [0.3, 0.4) is 0 Å². The molecule has 29 heavy (non-hydrogen) atoms. The second-order valence-corrected chi connectivity index (χ2v) is 7.31. The summed E-state index contributed by atoms with van der Waals surface area (Å²) in [5, 5.41) is 5.54. The first-order valence-corrected chi connectivity index (χ1v) is 10.0. The highest BCUT2D eigenvalue weighted by Crippen LogP contribution is 2.32. The van der Waals surface area contributed by atoms with Crippen molar-refractivity contribution in [3.8, 4) is 28.6 Å². The second-order valence-electron chi connectivity index (χ2n) is 5.93. The molecule has 2 aromatic carbocycles. The van der Waals surface area contributed by atoms with Gasteiger partial charge < -0.3 is 14.0 Å². The van der Waals surface area contributed by atoms with Gasteiger partial charge in [-0.1, -0.05) is 34.6 Å². The van der Waals surface area contributed by atoms with Crippen LogP contribution in [0.2, 0.25) is 5.02 Å². The van der Waals surface area contributed by atoms with Crippen molar-refractivity contribution < 1.29 is 14.0 Å². The first-order valence-electron chi connectivity index (χ1n) is 8.65. The molecule has 0 aliphatic heterocycles. The molecule has 4 aromatic rings. The second kappa shape index (κ2) is 8.59. The third-order valence-corrected chi connectivity index (χ3v) is 5.31. The molecule has 0 aliphatic carbocycles. The molecule has 0 saturated carbocycles. The zero-order valence-corrected chi connectivity index (χ0v) is 17.3. The number of hydrogen-bond donors (Lipinski definition) is 0. The summed E-state index contributed by atoms with van der Waals surface area (Å²) in [4.78, 5) is 8.88. The van der Waals surface area contributed by atoms with Crippen LogP contribution in [0, 0.1) is 0 Å². The van der Waals surface area contributed by atoms with E-state index in [-0.39, 0.29) is 0 Å². The Balaban J connectivity index is 1.49. The molecule has 148 valence electrons. The summed E-state index contributed by atoms with van der Waals surface area (Å²) in [6, 6.07) is 13.1. The molecular weight excluding hydrogens is 412 g/mol. The lowest BCUT2D eigenvalue weighted by molar-refractivity contribution is 0.355. The third kappa shape index (κ3) is 4.23. The number of ether oxygens (including phenoxy) is 2. The van der Waals surface area contributed by atoms with Crippen LogP contribution >= 0.6 is 23.4 Å². The number of thioether (sulfide) groups is 1. The lowest BCUT2D eigenvalue weighted by atomic mass is 10.2. The lowest BCUT2D eigenvalue weighted by Gasteiger charge is -2.07. The van der Waals surface area contributed by atoms with Gasteiger partial charge in [0.25, 0.3) is 0 Å². The van der Waals surface area contributed by atoms with Gasteiger partial charge in [0.05, 0.1) is 20.0 Å². The standard InChI is InChI=1S/C20H17ClN4O3S/c1-26-16-7-6-13(10-17(16)27-2)19-23-18(28-24-19)12-29-20-22-8-9-25(20)15-5-3-4-14(21)11-15/h3-11H,12H2,1-2H3. The van der Waals surface area contributed by atoms with Gasteiger partial charge in [-0.3, -0.25) is 4.57 Å². The van der Waals surface area contributed by atoms with Crippen molar-refractivity contribution in [1.29, 1.82) is 0 Å². The van der Waals surface area contributed by atoms with Crippen LogP contribution in [-0.2, 0) is 5.75 Å². The van der Waals surface area contributed by atoms with E-state index >= 15 is 0 Å². The summed E-state index contributed by atoms with van der Waals surface area (Å²) < 4.78 is 17.9. The van der Waals surface area contributed by atoms with E-state index in [0.29, 0.717) is 34.0 Å². The van der Waals surface area contributed by atoms with Gasteiger partial charge >= 0.3 is 0 Å². The van der Waals surface area contributed by atoms with Crippen LogP contribution in [0.5, 0.6) is 11.5 Å². The smallest absolute Gasteiger partial charge is 0.237 e. The van der Waals surface area contributed by atoms with Crippen molar-refractivity contribution in [2.24, 2.45) is 0 Å².